The minimum Gasteiger partial charge on any atom is -0.491 e. The third kappa shape index (κ3) is 5.14. The van der Waals surface area contributed by atoms with Gasteiger partial charge in [0.2, 0.25) is 0 Å². The number of azo groups is 1. The number of rotatable bonds is 9. The zero-order valence-corrected chi connectivity index (χ0v) is 22.9. The lowest BCUT2D eigenvalue weighted by molar-refractivity contribution is 0.0662. The molecule has 0 bridgehead atoms. The van der Waals surface area contributed by atoms with Gasteiger partial charge in [-0.15, -0.1) is 10.2 Å². The smallest absolute Gasteiger partial charge is 0.262 e. The first-order valence-corrected chi connectivity index (χ1v) is 13.2. The molecule has 0 saturated carbocycles. The Morgan fingerprint density at radius 1 is 1.12 bits per heavy atom. The fraction of sp³-hybridized carbons (Fsp3) is 0.172. The third-order valence-corrected chi connectivity index (χ3v) is 7.10. The molecule has 40 heavy (non-hydrogen) atoms. The lowest BCUT2D eigenvalue weighted by atomic mass is 10.0. The number of hydrogen-bond donors (Lipinski definition) is 2. The number of aliphatic hydroxyl groups is 1. The van der Waals surface area contributed by atoms with Gasteiger partial charge in [-0.2, -0.15) is 5.26 Å². The molecule has 2 N–H and O–H groups in total. The number of imide groups is 1. The number of anilines is 1. The fourth-order valence-electron chi connectivity index (χ4n) is 4.35. The average Bonchev–Trinajstić information content (AvgIpc) is 3.23. The van der Waals surface area contributed by atoms with Gasteiger partial charge >= 0.3 is 0 Å². The first kappa shape index (κ1) is 26.9. The van der Waals surface area contributed by atoms with Crippen LogP contribution in [0.3, 0.4) is 0 Å². The molecule has 2 heterocycles. The molecule has 1 aliphatic heterocycles. The highest BCUT2D eigenvalue weighted by Crippen LogP contribution is 2.40. The summed E-state index contributed by atoms with van der Waals surface area (Å²) in [6.45, 7) is 2.27. The van der Waals surface area contributed by atoms with Crippen molar-refractivity contribution in [2.45, 2.75) is 13.0 Å². The molecule has 200 valence electrons. The summed E-state index contributed by atoms with van der Waals surface area (Å²) in [5.74, 6) is -0.214. The van der Waals surface area contributed by atoms with Crippen molar-refractivity contribution in [3.05, 3.63) is 88.0 Å². The molecule has 1 aliphatic rings. The maximum absolute atomic E-state index is 12.8. The van der Waals surface area contributed by atoms with E-state index in [0.717, 1.165) is 4.90 Å². The van der Waals surface area contributed by atoms with Crippen LogP contribution >= 0.6 is 15.9 Å². The highest BCUT2D eigenvalue weighted by Gasteiger charge is 2.38. The Bertz CT molecular complexity index is 1690. The van der Waals surface area contributed by atoms with E-state index in [-0.39, 0.29) is 46.5 Å². The van der Waals surface area contributed by atoms with Crippen LogP contribution in [0.1, 0.15) is 33.2 Å². The monoisotopic (exact) mass is 598 g/mol. The minimum absolute atomic E-state index is 0.112. The highest BCUT2D eigenvalue weighted by molar-refractivity contribution is 9.10. The predicted molar refractivity (Wildman–Crippen MR) is 152 cm³/mol. The SMILES string of the molecule is CCN1C(=O)c2cc(C#N)c(/N=N/c3ccc(NCC(O)COc4ccccc4)c4ncccc34)c(Br)c2C1=O. The summed E-state index contributed by atoms with van der Waals surface area (Å²) >= 11 is 3.38. The maximum Gasteiger partial charge on any atom is 0.262 e. The van der Waals surface area contributed by atoms with Gasteiger partial charge in [0, 0.05) is 24.7 Å². The Morgan fingerprint density at radius 3 is 2.67 bits per heavy atom. The van der Waals surface area contributed by atoms with Crippen LogP contribution in [-0.2, 0) is 0 Å². The number of carbonyl (C=O) groups is 2. The van der Waals surface area contributed by atoms with Gasteiger partial charge in [-0.1, -0.05) is 18.2 Å². The molecule has 1 aromatic heterocycles. The van der Waals surface area contributed by atoms with E-state index in [1.165, 1.54) is 6.07 Å². The number of nitrogens with one attached hydrogen (secondary N) is 1. The Kier molecular flexibility index (Phi) is 7.82. The van der Waals surface area contributed by atoms with E-state index in [1.807, 2.05) is 42.5 Å². The van der Waals surface area contributed by atoms with Gasteiger partial charge in [-0.05, 0) is 65.3 Å². The summed E-state index contributed by atoms with van der Waals surface area (Å²) in [5.41, 5.74) is 2.38. The van der Waals surface area contributed by atoms with Crippen LogP contribution in [0.5, 0.6) is 5.75 Å². The highest BCUT2D eigenvalue weighted by atomic mass is 79.9. The van der Waals surface area contributed by atoms with Crippen molar-refractivity contribution in [1.29, 1.82) is 5.26 Å². The van der Waals surface area contributed by atoms with Crippen molar-refractivity contribution in [3.63, 3.8) is 0 Å². The Hall–Kier alpha value is -4.66. The molecule has 0 spiro atoms. The molecule has 0 saturated heterocycles. The molecule has 2 amide bonds. The Morgan fingerprint density at radius 2 is 1.93 bits per heavy atom. The second-order valence-electron chi connectivity index (χ2n) is 8.87. The number of aromatic nitrogens is 1. The third-order valence-electron chi connectivity index (χ3n) is 6.33. The molecule has 10 nitrogen and oxygen atoms in total. The molecular formula is C29H23BrN6O4. The van der Waals surface area contributed by atoms with Crippen LogP contribution in [0.4, 0.5) is 17.1 Å². The van der Waals surface area contributed by atoms with Crippen LogP contribution < -0.4 is 10.1 Å². The van der Waals surface area contributed by atoms with Crippen molar-refractivity contribution in [2.24, 2.45) is 10.2 Å². The van der Waals surface area contributed by atoms with Crippen LogP contribution in [-0.4, -0.2) is 52.6 Å². The molecule has 3 aromatic carbocycles. The largest absolute Gasteiger partial charge is 0.491 e. The number of nitriles is 1. The molecule has 1 unspecified atom stereocenters. The lowest BCUT2D eigenvalue weighted by Gasteiger charge is -2.15. The van der Waals surface area contributed by atoms with E-state index < -0.39 is 17.9 Å². The Labute approximate surface area is 238 Å². The van der Waals surface area contributed by atoms with Crippen LogP contribution in [0.2, 0.25) is 0 Å². The van der Waals surface area contributed by atoms with E-state index in [2.05, 4.69) is 36.5 Å². The van der Waals surface area contributed by atoms with E-state index in [1.54, 1.807) is 31.3 Å². The topological polar surface area (TPSA) is 140 Å². The number of halogens is 1. The first-order valence-electron chi connectivity index (χ1n) is 12.4. The van der Waals surface area contributed by atoms with Gasteiger partial charge in [0.05, 0.1) is 38.1 Å². The molecule has 5 rings (SSSR count). The summed E-state index contributed by atoms with van der Waals surface area (Å²) in [5, 5.41) is 32.7. The summed E-state index contributed by atoms with van der Waals surface area (Å²) < 4.78 is 5.86. The average molecular weight is 599 g/mol. The molecule has 0 fully saturated rings. The van der Waals surface area contributed by atoms with Crippen LogP contribution in [0.25, 0.3) is 10.9 Å². The van der Waals surface area contributed by atoms with Crippen molar-refractivity contribution in [1.82, 2.24) is 9.88 Å². The summed E-state index contributed by atoms with van der Waals surface area (Å²) in [4.78, 5) is 31.0. The minimum atomic E-state index is -0.766. The summed E-state index contributed by atoms with van der Waals surface area (Å²) in [7, 11) is 0. The summed E-state index contributed by atoms with van der Waals surface area (Å²) in [6, 6.07) is 19.8. The summed E-state index contributed by atoms with van der Waals surface area (Å²) in [6.07, 6.45) is 0.884. The molecule has 0 aliphatic carbocycles. The van der Waals surface area contributed by atoms with Gasteiger partial charge in [0.15, 0.2) is 0 Å². The van der Waals surface area contributed by atoms with Crippen molar-refractivity contribution < 1.29 is 19.4 Å². The van der Waals surface area contributed by atoms with Gasteiger partial charge in [-0.25, -0.2) is 0 Å². The maximum atomic E-state index is 12.8. The number of fused-ring (bicyclic) bond motifs is 2. The number of hydrogen-bond acceptors (Lipinski definition) is 9. The zero-order chi connectivity index (χ0) is 28.2. The number of ether oxygens (including phenoxy) is 1. The number of carbonyl (C=O) groups excluding carboxylic acids is 2. The molecule has 1 atom stereocenters. The Balaban J connectivity index is 1.39. The second kappa shape index (κ2) is 11.6. The van der Waals surface area contributed by atoms with Gasteiger partial charge in [-0.3, -0.25) is 19.5 Å². The number of pyridine rings is 1. The van der Waals surface area contributed by atoms with Crippen LogP contribution in [0, 0.1) is 11.3 Å². The van der Waals surface area contributed by atoms with Crippen molar-refractivity contribution in [3.8, 4) is 11.8 Å². The number of nitrogens with zero attached hydrogens (tertiary/aromatic N) is 5. The van der Waals surface area contributed by atoms with E-state index in [0.29, 0.717) is 28.0 Å². The predicted octanol–water partition coefficient (Wildman–Crippen LogP) is 5.75. The van der Waals surface area contributed by atoms with E-state index >= 15 is 0 Å². The van der Waals surface area contributed by atoms with Gasteiger partial charge < -0.3 is 15.2 Å². The quantitative estimate of drug-likeness (QED) is 0.184. The van der Waals surface area contributed by atoms with Crippen molar-refractivity contribution >= 4 is 55.7 Å². The van der Waals surface area contributed by atoms with Crippen LogP contribution in [0.15, 0.2) is 81.6 Å². The second-order valence-corrected chi connectivity index (χ2v) is 9.66. The van der Waals surface area contributed by atoms with Gasteiger partial charge in [0.25, 0.3) is 11.8 Å². The lowest BCUT2D eigenvalue weighted by Crippen LogP contribution is -2.29. The zero-order valence-electron chi connectivity index (χ0n) is 21.3. The standard InChI is InChI=1S/C29H23BrN6O4/c1-2-36-28(38)21-13-17(14-31)26(25(30)24(21)29(36)39)35-34-22-10-11-23(27-20(22)9-6-12-32-27)33-15-18(37)16-40-19-7-4-3-5-8-19/h3-13,18,33,37H,2,15-16H2,1H3/b35-34+. The van der Waals surface area contributed by atoms with E-state index in [4.69, 9.17) is 4.74 Å². The molecule has 0 radical (unpaired) electrons. The number of para-hydroxylation sites is 1. The normalized spacial score (nSPS) is 13.5. The molecule has 4 aromatic rings. The van der Waals surface area contributed by atoms with E-state index in [9.17, 15) is 20.0 Å². The number of aliphatic hydroxyl groups excluding tert-OH is 1. The fourth-order valence-corrected chi connectivity index (χ4v) is 5.02. The van der Waals surface area contributed by atoms with Gasteiger partial charge in [0.1, 0.15) is 30.2 Å². The van der Waals surface area contributed by atoms with Crippen molar-refractivity contribution in [2.75, 3.05) is 25.0 Å². The number of amides is 2. The molecular weight excluding hydrogens is 576 g/mol. The molecule has 11 heteroatoms. The number of benzene rings is 3. The first-order chi connectivity index (χ1) is 19.4.